The van der Waals surface area contributed by atoms with E-state index in [2.05, 4.69) is 21.2 Å². The molecule has 1 saturated heterocycles. The molecule has 0 aromatic heterocycles. The van der Waals surface area contributed by atoms with Gasteiger partial charge in [0.25, 0.3) is 5.91 Å². The van der Waals surface area contributed by atoms with E-state index in [1.54, 1.807) is 17.0 Å². The van der Waals surface area contributed by atoms with Crippen molar-refractivity contribution in [2.24, 2.45) is 5.92 Å². The van der Waals surface area contributed by atoms with Crippen LogP contribution in [0.5, 0.6) is 0 Å². The fraction of sp³-hybridized carbons (Fsp3) is 0.348. The van der Waals surface area contributed by atoms with Crippen LogP contribution in [0.4, 0.5) is 0 Å². The minimum Gasteiger partial charge on any atom is -0.467 e. The second-order valence-electron chi connectivity index (χ2n) is 7.35. The van der Waals surface area contributed by atoms with Crippen LogP contribution < -0.4 is 5.32 Å². The first kappa shape index (κ1) is 22.0. The van der Waals surface area contributed by atoms with E-state index in [1.807, 2.05) is 42.5 Å². The minimum absolute atomic E-state index is 0.0297. The third-order valence-corrected chi connectivity index (χ3v) is 5.86. The maximum absolute atomic E-state index is 12.8. The molecular formula is C23H25BrN2O4. The summed E-state index contributed by atoms with van der Waals surface area (Å²) in [4.78, 5) is 39.4. The zero-order valence-corrected chi connectivity index (χ0v) is 18.4. The van der Waals surface area contributed by atoms with E-state index < -0.39 is 12.0 Å². The van der Waals surface area contributed by atoms with Crippen LogP contribution in [-0.2, 0) is 20.7 Å². The molecular weight excluding hydrogens is 448 g/mol. The molecule has 0 aliphatic carbocycles. The van der Waals surface area contributed by atoms with Gasteiger partial charge in [0.05, 0.1) is 7.11 Å². The maximum Gasteiger partial charge on any atom is 0.328 e. The van der Waals surface area contributed by atoms with E-state index >= 15 is 0 Å². The normalized spacial score (nSPS) is 15.3. The van der Waals surface area contributed by atoms with E-state index in [0.717, 1.165) is 10.0 Å². The Hall–Kier alpha value is -2.67. The molecule has 7 heteroatoms. The highest BCUT2D eigenvalue weighted by Crippen LogP contribution is 2.21. The van der Waals surface area contributed by atoms with Gasteiger partial charge in [0.2, 0.25) is 5.91 Å². The first-order valence-electron chi connectivity index (χ1n) is 9.95. The van der Waals surface area contributed by atoms with Gasteiger partial charge >= 0.3 is 5.97 Å². The number of ether oxygens (including phenoxy) is 1. The van der Waals surface area contributed by atoms with Crippen LogP contribution in [-0.4, -0.2) is 48.9 Å². The maximum atomic E-state index is 12.8. The number of methoxy groups -OCH3 is 1. The molecule has 1 fully saturated rings. The zero-order valence-electron chi connectivity index (χ0n) is 16.8. The number of hydrogen-bond acceptors (Lipinski definition) is 4. The lowest BCUT2D eigenvalue weighted by Crippen LogP contribution is -2.48. The van der Waals surface area contributed by atoms with Crippen molar-refractivity contribution in [3.05, 3.63) is 70.2 Å². The molecule has 1 atom stereocenters. The molecule has 158 valence electrons. The highest BCUT2D eigenvalue weighted by Gasteiger charge is 2.30. The molecule has 2 aromatic rings. The van der Waals surface area contributed by atoms with E-state index in [9.17, 15) is 14.4 Å². The van der Waals surface area contributed by atoms with Gasteiger partial charge in [0.15, 0.2) is 0 Å². The SMILES string of the molecule is COC(=O)[C@@H](Cc1ccccc1)NC(=O)C1CCN(C(=O)c2ccc(Br)cc2)CC1. The van der Waals surface area contributed by atoms with Crippen molar-refractivity contribution in [2.75, 3.05) is 20.2 Å². The fourth-order valence-corrected chi connectivity index (χ4v) is 3.86. The topological polar surface area (TPSA) is 75.7 Å². The van der Waals surface area contributed by atoms with Crippen LogP contribution in [0.1, 0.15) is 28.8 Å². The zero-order chi connectivity index (χ0) is 21.5. The van der Waals surface area contributed by atoms with Crippen LogP contribution in [0.25, 0.3) is 0 Å². The summed E-state index contributed by atoms with van der Waals surface area (Å²) in [7, 11) is 1.32. The van der Waals surface area contributed by atoms with Crippen molar-refractivity contribution < 1.29 is 19.1 Å². The summed E-state index contributed by atoms with van der Waals surface area (Å²) in [5.74, 6) is -0.896. The van der Waals surface area contributed by atoms with Crippen LogP contribution in [0.15, 0.2) is 59.1 Å². The molecule has 1 N–H and O–H groups in total. The van der Waals surface area contributed by atoms with Gasteiger partial charge in [0, 0.05) is 35.5 Å². The highest BCUT2D eigenvalue weighted by molar-refractivity contribution is 9.10. The van der Waals surface area contributed by atoms with Crippen LogP contribution >= 0.6 is 15.9 Å². The number of benzene rings is 2. The van der Waals surface area contributed by atoms with E-state index in [0.29, 0.717) is 37.9 Å². The molecule has 1 heterocycles. The third-order valence-electron chi connectivity index (χ3n) is 5.33. The number of esters is 1. The van der Waals surface area contributed by atoms with Crippen molar-refractivity contribution in [2.45, 2.75) is 25.3 Å². The van der Waals surface area contributed by atoms with Gasteiger partial charge in [0.1, 0.15) is 6.04 Å². The van der Waals surface area contributed by atoms with Crippen molar-refractivity contribution in [3.8, 4) is 0 Å². The number of carbonyl (C=O) groups excluding carboxylic acids is 3. The largest absolute Gasteiger partial charge is 0.467 e. The molecule has 2 aromatic carbocycles. The predicted octanol–water partition coefficient (Wildman–Crippen LogP) is 3.20. The number of halogens is 1. The molecule has 3 rings (SSSR count). The molecule has 0 saturated carbocycles. The fourth-order valence-electron chi connectivity index (χ4n) is 3.59. The Morgan fingerprint density at radius 3 is 2.30 bits per heavy atom. The van der Waals surface area contributed by atoms with Crippen molar-refractivity contribution in [1.29, 1.82) is 0 Å². The molecule has 0 radical (unpaired) electrons. The Bertz CT molecular complexity index is 878. The van der Waals surface area contributed by atoms with Gasteiger partial charge in [-0.2, -0.15) is 0 Å². The molecule has 0 unspecified atom stereocenters. The number of amides is 2. The minimum atomic E-state index is -0.729. The number of nitrogens with one attached hydrogen (secondary N) is 1. The Kier molecular flexibility index (Phi) is 7.63. The Morgan fingerprint density at radius 2 is 1.70 bits per heavy atom. The first-order valence-corrected chi connectivity index (χ1v) is 10.7. The van der Waals surface area contributed by atoms with Crippen molar-refractivity contribution in [1.82, 2.24) is 10.2 Å². The average Bonchev–Trinajstić information content (AvgIpc) is 2.79. The van der Waals surface area contributed by atoms with Gasteiger partial charge in [-0.05, 0) is 42.7 Å². The molecule has 1 aliphatic rings. The molecule has 2 amide bonds. The van der Waals surface area contributed by atoms with Gasteiger partial charge in [-0.15, -0.1) is 0 Å². The van der Waals surface area contributed by atoms with E-state index in [1.165, 1.54) is 7.11 Å². The number of hydrogen-bond donors (Lipinski definition) is 1. The van der Waals surface area contributed by atoms with Crippen LogP contribution in [0.2, 0.25) is 0 Å². The quantitative estimate of drug-likeness (QED) is 0.654. The van der Waals surface area contributed by atoms with Crippen molar-refractivity contribution in [3.63, 3.8) is 0 Å². The predicted molar refractivity (Wildman–Crippen MR) is 117 cm³/mol. The summed E-state index contributed by atoms with van der Waals surface area (Å²) < 4.78 is 5.79. The van der Waals surface area contributed by atoms with E-state index in [-0.39, 0.29) is 17.7 Å². The molecule has 0 bridgehead atoms. The lowest BCUT2D eigenvalue weighted by atomic mass is 9.94. The van der Waals surface area contributed by atoms with Crippen molar-refractivity contribution >= 4 is 33.7 Å². The van der Waals surface area contributed by atoms with E-state index in [4.69, 9.17) is 4.74 Å². The van der Waals surface area contributed by atoms with Gasteiger partial charge in [-0.3, -0.25) is 9.59 Å². The summed E-state index contributed by atoms with van der Waals surface area (Å²) in [6.45, 7) is 1.02. The summed E-state index contributed by atoms with van der Waals surface area (Å²) >= 11 is 3.37. The smallest absolute Gasteiger partial charge is 0.328 e. The number of likely N-dealkylation sites (tertiary alicyclic amines) is 1. The molecule has 0 spiro atoms. The lowest BCUT2D eigenvalue weighted by molar-refractivity contribution is -0.145. The standard InChI is InChI=1S/C23H25BrN2O4/c1-30-23(29)20(15-16-5-3-2-4-6-16)25-21(27)17-11-13-26(14-12-17)22(28)18-7-9-19(24)10-8-18/h2-10,17,20H,11-15H2,1H3,(H,25,27)/t20-/m1/s1. The number of carbonyl (C=O) groups is 3. The second kappa shape index (κ2) is 10.4. The lowest BCUT2D eigenvalue weighted by Gasteiger charge is -2.32. The van der Waals surface area contributed by atoms with Crippen LogP contribution in [0.3, 0.4) is 0 Å². The van der Waals surface area contributed by atoms with Gasteiger partial charge in [-0.25, -0.2) is 4.79 Å². The summed E-state index contributed by atoms with van der Waals surface area (Å²) in [5, 5.41) is 2.85. The molecule has 6 nitrogen and oxygen atoms in total. The monoisotopic (exact) mass is 472 g/mol. The Morgan fingerprint density at radius 1 is 1.07 bits per heavy atom. The molecule has 30 heavy (non-hydrogen) atoms. The number of nitrogens with zero attached hydrogens (tertiary/aromatic N) is 1. The average molecular weight is 473 g/mol. The third kappa shape index (κ3) is 5.69. The highest BCUT2D eigenvalue weighted by atomic mass is 79.9. The van der Waals surface area contributed by atoms with Crippen LogP contribution in [0, 0.1) is 5.92 Å². The summed E-state index contributed by atoms with van der Waals surface area (Å²) in [5.41, 5.74) is 1.58. The Labute approximate surface area is 184 Å². The second-order valence-corrected chi connectivity index (χ2v) is 8.26. The number of rotatable bonds is 6. The summed E-state index contributed by atoms with van der Waals surface area (Å²) in [6, 6.07) is 16.0. The first-order chi connectivity index (χ1) is 14.5. The Balaban J connectivity index is 1.56. The summed E-state index contributed by atoms with van der Waals surface area (Å²) in [6.07, 6.45) is 1.50. The van der Waals surface area contributed by atoms with Gasteiger partial charge in [-0.1, -0.05) is 46.3 Å². The number of piperidine rings is 1. The van der Waals surface area contributed by atoms with Gasteiger partial charge < -0.3 is 15.0 Å². The molecule has 1 aliphatic heterocycles.